The molecule has 0 aliphatic heterocycles. The summed E-state index contributed by atoms with van der Waals surface area (Å²) in [5.74, 6) is -0.164. The fourth-order valence-corrected chi connectivity index (χ4v) is 2.49. The Labute approximate surface area is 153 Å². The smallest absolute Gasteiger partial charge is 0.233 e. The summed E-state index contributed by atoms with van der Waals surface area (Å²) in [6.07, 6.45) is 0.508. The highest BCUT2D eigenvalue weighted by Gasteiger charge is 2.09. The van der Waals surface area contributed by atoms with Crippen LogP contribution in [0.4, 0.5) is 5.69 Å². The summed E-state index contributed by atoms with van der Waals surface area (Å²) in [6.45, 7) is 4.71. The number of nitrogens with one attached hydrogen (secondary N) is 2. The number of carbonyl (C=O) groups is 2. The molecule has 0 heterocycles. The van der Waals surface area contributed by atoms with Crippen molar-refractivity contribution < 1.29 is 9.59 Å². The maximum Gasteiger partial charge on any atom is 0.233 e. The highest BCUT2D eigenvalue weighted by molar-refractivity contribution is 6.30. The number of benzene rings is 2. The van der Waals surface area contributed by atoms with Gasteiger partial charge in [0.25, 0.3) is 0 Å². The third kappa shape index (κ3) is 6.59. The monoisotopic (exact) mass is 358 g/mol. The molecule has 5 heteroatoms. The van der Waals surface area contributed by atoms with Crippen molar-refractivity contribution in [2.75, 3.05) is 11.9 Å². The van der Waals surface area contributed by atoms with Gasteiger partial charge in [0.05, 0.1) is 0 Å². The SMILES string of the molecule is CC(C)c1ccc(NC(=O)CC(=O)NCCc2ccc(Cl)cc2)cc1. The molecule has 0 fully saturated rings. The fraction of sp³-hybridized carbons (Fsp3) is 0.300. The van der Waals surface area contributed by atoms with Gasteiger partial charge in [-0.2, -0.15) is 0 Å². The Bertz CT molecular complexity index is 709. The third-order valence-corrected chi connectivity index (χ3v) is 4.08. The second-order valence-corrected chi connectivity index (χ2v) is 6.66. The average Bonchev–Trinajstić information content (AvgIpc) is 2.57. The predicted octanol–water partition coefficient (Wildman–Crippen LogP) is 4.15. The summed E-state index contributed by atoms with van der Waals surface area (Å²) in [5, 5.41) is 6.18. The van der Waals surface area contributed by atoms with Crippen LogP contribution < -0.4 is 10.6 Å². The number of halogens is 1. The normalized spacial score (nSPS) is 10.6. The molecule has 2 aromatic carbocycles. The Hall–Kier alpha value is -2.33. The summed E-state index contributed by atoms with van der Waals surface area (Å²) < 4.78 is 0. The van der Waals surface area contributed by atoms with Gasteiger partial charge in [0.15, 0.2) is 0 Å². The van der Waals surface area contributed by atoms with E-state index in [0.29, 0.717) is 29.6 Å². The lowest BCUT2D eigenvalue weighted by Gasteiger charge is -2.09. The lowest BCUT2D eigenvalue weighted by molar-refractivity contribution is -0.126. The van der Waals surface area contributed by atoms with Gasteiger partial charge in [-0.05, 0) is 47.7 Å². The molecule has 0 saturated heterocycles. The Kier molecular flexibility index (Phi) is 7.02. The van der Waals surface area contributed by atoms with E-state index < -0.39 is 0 Å². The zero-order valence-electron chi connectivity index (χ0n) is 14.5. The molecule has 0 aliphatic carbocycles. The molecule has 0 bridgehead atoms. The van der Waals surface area contributed by atoms with Crippen molar-refractivity contribution in [1.29, 1.82) is 0 Å². The molecule has 2 amide bonds. The van der Waals surface area contributed by atoms with E-state index in [9.17, 15) is 9.59 Å². The first-order valence-electron chi connectivity index (χ1n) is 8.35. The average molecular weight is 359 g/mol. The van der Waals surface area contributed by atoms with E-state index in [4.69, 9.17) is 11.6 Å². The molecule has 2 aromatic rings. The molecule has 0 unspecified atom stereocenters. The van der Waals surface area contributed by atoms with E-state index in [1.165, 1.54) is 5.56 Å². The number of anilines is 1. The molecule has 0 spiro atoms. The Morgan fingerprint density at radius 1 is 0.960 bits per heavy atom. The van der Waals surface area contributed by atoms with Crippen LogP contribution in [0.1, 0.15) is 37.3 Å². The maximum absolute atomic E-state index is 11.9. The van der Waals surface area contributed by atoms with Crippen molar-refractivity contribution in [2.45, 2.75) is 32.6 Å². The first-order chi connectivity index (χ1) is 11.9. The van der Waals surface area contributed by atoms with E-state index in [0.717, 1.165) is 5.56 Å². The highest BCUT2D eigenvalue weighted by Crippen LogP contribution is 2.17. The van der Waals surface area contributed by atoms with Gasteiger partial charge in [-0.15, -0.1) is 0 Å². The Morgan fingerprint density at radius 3 is 2.20 bits per heavy atom. The number of carbonyl (C=O) groups excluding carboxylic acids is 2. The van der Waals surface area contributed by atoms with E-state index in [-0.39, 0.29) is 18.2 Å². The molecule has 0 radical (unpaired) electrons. The lowest BCUT2D eigenvalue weighted by atomic mass is 10.0. The van der Waals surface area contributed by atoms with Crippen molar-refractivity contribution >= 4 is 29.1 Å². The first kappa shape index (κ1) is 19.0. The summed E-state index contributed by atoms with van der Waals surface area (Å²) >= 11 is 5.83. The minimum absolute atomic E-state index is 0.188. The number of rotatable bonds is 7. The minimum atomic E-state index is -0.318. The number of hydrogen-bond acceptors (Lipinski definition) is 2. The zero-order valence-corrected chi connectivity index (χ0v) is 15.3. The van der Waals surface area contributed by atoms with Crippen LogP contribution in [0.3, 0.4) is 0 Å². The van der Waals surface area contributed by atoms with Crippen molar-refractivity contribution in [3.8, 4) is 0 Å². The van der Waals surface area contributed by atoms with Crippen LogP contribution in [-0.2, 0) is 16.0 Å². The van der Waals surface area contributed by atoms with Gasteiger partial charge in [0.2, 0.25) is 11.8 Å². The van der Waals surface area contributed by atoms with E-state index in [1.54, 1.807) is 0 Å². The van der Waals surface area contributed by atoms with E-state index >= 15 is 0 Å². The van der Waals surface area contributed by atoms with Gasteiger partial charge in [0.1, 0.15) is 6.42 Å². The zero-order chi connectivity index (χ0) is 18.2. The minimum Gasteiger partial charge on any atom is -0.355 e. The van der Waals surface area contributed by atoms with Gasteiger partial charge < -0.3 is 10.6 Å². The topological polar surface area (TPSA) is 58.2 Å². The number of amides is 2. The molecular weight excluding hydrogens is 336 g/mol. The molecular formula is C20H23ClN2O2. The summed E-state index contributed by atoms with van der Waals surface area (Å²) in [5.41, 5.74) is 2.99. The quantitative estimate of drug-likeness (QED) is 0.730. The number of hydrogen-bond donors (Lipinski definition) is 2. The van der Waals surface area contributed by atoms with Crippen LogP contribution in [0.5, 0.6) is 0 Å². The largest absolute Gasteiger partial charge is 0.355 e. The molecule has 0 aliphatic rings. The molecule has 0 aromatic heterocycles. The first-order valence-corrected chi connectivity index (χ1v) is 8.73. The molecule has 2 N–H and O–H groups in total. The predicted molar refractivity (Wildman–Crippen MR) is 102 cm³/mol. The standard InChI is InChI=1S/C20H23ClN2O2/c1-14(2)16-5-9-18(10-6-16)23-20(25)13-19(24)22-12-11-15-3-7-17(21)8-4-15/h3-10,14H,11-13H2,1-2H3,(H,22,24)(H,23,25). The van der Waals surface area contributed by atoms with E-state index in [1.807, 2.05) is 48.5 Å². The van der Waals surface area contributed by atoms with Gasteiger partial charge in [-0.25, -0.2) is 0 Å². The van der Waals surface area contributed by atoms with Crippen LogP contribution >= 0.6 is 11.6 Å². The summed E-state index contributed by atoms with van der Waals surface area (Å²) in [7, 11) is 0. The van der Waals surface area contributed by atoms with Crippen molar-refractivity contribution in [3.05, 3.63) is 64.7 Å². The molecule has 2 rings (SSSR count). The molecule has 25 heavy (non-hydrogen) atoms. The van der Waals surface area contributed by atoms with Gasteiger partial charge in [-0.1, -0.05) is 49.7 Å². The highest BCUT2D eigenvalue weighted by atomic mass is 35.5. The molecule has 132 valence electrons. The van der Waals surface area contributed by atoms with Crippen molar-refractivity contribution in [2.24, 2.45) is 0 Å². The molecule has 0 saturated carbocycles. The Morgan fingerprint density at radius 2 is 1.60 bits per heavy atom. The van der Waals surface area contributed by atoms with Crippen LogP contribution in [0.15, 0.2) is 48.5 Å². The molecule has 4 nitrogen and oxygen atoms in total. The summed E-state index contributed by atoms with van der Waals surface area (Å²) in [4.78, 5) is 23.8. The third-order valence-electron chi connectivity index (χ3n) is 3.83. The second-order valence-electron chi connectivity index (χ2n) is 6.23. The van der Waals surface area contributed by atoms with E-state index in [2.05, 4.69) is 24.5 Å². The van der Waals surface area contributed by atoms with Gasteiger partial charge in [-0.3, -0.25) is 9.59 Å². The van der Waals surface area contributed by atoms with Crippen LogP contribution in [0.25, 0.3) is 0 Å². The lowest BCUT2D eigenvalue weighted by Crippen LogP contribution is -2.29. The van der Waals surface area contributed by atoms with Crippen molar-refractivity contribution in [3.63, 3.8) is 0 Å². The Balaban J connectivity index is 1.72. The second kappa shape index (κ2) is 9.23. The van der Waals surface area contributed by atoms with Crippen LogP contribution in [0.2, 0.25) is 5.02 Å². The van der Waals surface area contributed by atoms with Gasteiger partial charge >= 0.3 is 0 Å². The van der Waals surface area contributed by atoms with Crippen LogP contribution in [-0.4, -0.2) is 18.4 Å². The summed E-state index contributed by atoms with van der Waals surface area (Å²) in [6, 6.07) is 15.1. The van der Waals surface area contributed by atoms with Crippen molar-refractivity contribution in [1.82, 2.24) is 5.32 Å². The fourth-order valence-electron chi connectivity index (χ4n) is 2.36. The van der Waals surface area contributed by atoms with Gasteiger partial charge in [0, 0.05) is 17.3 Å². The van der Waals surface area contributed by atoms with Crippen LogP contribution in [0, 0.1) is 0 Å². The maximum atomic E-state index is 11.9. The molecule has 0 atom stereocenters.